The maximum absolute atomic E-state index is 12.4. The number of hydrogen-bond donors (Lipinski definition) is 3. The first kappa shape index (κ1) is 18.6. The lowest BCUT2D eigenvalue weighted by atomic mass is 10.0. The Bertz CT molecular complexity index is 709. The van der Waals surface area contributed by atoms with Crippen LogP contribution < -0.4 is 10.9 Å². The summed E-state index contributed by atoms with van der Waals surface area (Å²) in [7, 11) is 0. The molecule has 1 atom stereocenters. The van der Waals surface area contributed by atoms with E-state index in [1.165, 1.54) is 6.20 Å². The van der Waals surface area contributed by atoms with Gasteiger partial charge in [-0.25, -0.2) is 10.0 Å². The van der Waals surface area contributed by atoms with E-state index in [1.54, 1.807) is 0 Å². The smallest absolute Gasteiger partial charge is 0.243 e. The molecule has 0 radical (unpaired) electrons. The largest absolute Gasteiger partial charge is 0.286 e. The number of hydroxylamine groups is 2. The van der Waals surface area contributed by atoms with Crippen molar-refractivity contribution in [3.63, 3.8) is 0 Å². The SMILES string of the molecule is CCCCC[C@@H](CN(O)C=O)C(=O)NNc1cnc2ccccc2n1. The number of amides is 2. The Balaban J connectivity index is 1.96. The molecule has 1 heterocycles. The molecule has 8 heteroatoms. The van der Waals surface area contributed by atoms with Gasteiger partial charge in [-0.1, -0.05) is 38.3 Å². The van der Waals surface area contributed by atoms with E-state index in [-0.39, 0.29) is 12.5 Å². The third kappa shape index (κ3) is 5.68. The molecule has 1 aromatic carbocycles. The second kappa shape index (κ2) is 9.53. The topological polar surface area (TPSA) is 107 Å². The van der Waals surface area contributed by atoms with E-state index >= 15 is 0 Å². The van der Waals surface area contributed by atoms with Crippen LogP contribution in [-0.4, -0.2) is 39.1 Å². The summed E-state index contributed by atoms with van der Waals surface area (Å²) in [6.07, 6.45) is 5.25. The normalized spacial score (nSPS) is 11.8. The number of carbonyl (C=O) groups excluding carboxylic acids is 2. The van der Waals surface area contributed by atoms with Crippen LogP contribution in [0.5, 0.6) is 0 Å². The molecule has 134 valence electrons. The molecule has 25 heavy (non-hydrogen) atoms. The summed E-state index contributed by atoms with van der Waals surface area (Å²) in [6.45, 7) is 2.02. The number of nitrogens with zero attached hydrogens (tertiary/aromatic N) is 3. The third-order valence-corrected chi connectivity index (χ3v) is 3.82. The summed E-state index contributed by atoms with van der Waals surface area (Å²) in [5, 5.41) is 9.87. The van der Waals surface area contributed by atoms with Crippen LogP contribution in [0.25, 0.3) is 11.0 Å². The molecule has 0 spiro atoms. The van der Waals surface area contributed by atoms with Gasteiger partial charge in [0.2, 0.25) is 12.3 Å². The first-order chi connectivity index (χ1) is 12.1. The van der Waals surface area contributed by atoms with E-state index in [0.29, 0.717) is 29.2 Å². The van der Waals surface area contributed by atoms with Gasteiger partial charge in [-0.15, -0.1) is 0 Å². The van der Waals surface area contributed by atoms with E-state index in [4.69, 9.17) is 0 Å². The van der Waals surface area contributed by atoms with E-state index in [9.17, 15) is 14.8 Å². The lowest BCUT2D eigenvalue weighted by molar-refractivity contribution is -0.154. The highest BCUT2D eigenvalue weighted by molar-refractivity contribution is 5.80. The quantitative estimate of drug-likeness (QED) is 0.263. The van der Waals surface area contributed by atoms with Gasteiger partial charge in [-0.05, 0) is 18.6 Å². The monoisotopic (exact) mass is 345 g/mol. The van der Waals surface area contributed by atoms with Gasteiger partial charge in [0.05, 0.1) is 29.7 Å². The van der Waals surface area contributed by atoms with Gasteiger partial charge in [-0.3, -0.25) is 30.6 Å². The van der Waals surface area contributed by atoms with Crippen molar-refractivity contribution in [2.75, 3.05) is 12.0 Å². The highest BCUT2D eigenvalue weighted by Crippen LogP contribution is 2.13. The number of fused-ring (bicyclic) bond motifs is 1. The number of hydrogen-bond acceptors (Lipinski definition) is 6. The van der Waals surface area contributed by atoms with Crippen LogP contribution in [-0.2, 0) is 9.59 Å². The molecule has 0 aliphatic carbocycles. The molecule has 0 saturated carbocycles. The van der Waals surface area contributed by atoms with Crippen LogP contribution in [0.3, 0.4) is 0 Å². The van der Waals surface area contributed by atoms with Crippen LogP contribution in [0.2, 0.25) is 0 Å². The number of rotatable bonds is 10. The molecule has 2 rings (SSSR count). The number of nitrogens with one attached hydrogen (secondary N) is 2. The van der Waals surface area contributed by atoms with Crippen LogP contribution in [0.1, 0.15) is 32.6 Å². The molecule has 2 amide bonds. The second-order valence-corrected chi connectivity index (χ2v) is 5.78. The zero-order valence-corrected chi connectivity index (χ0v) is 14.2. The molecular formula is C17H23N5O3. The fourth-order valence-electron chi connectivity index (χ4n) is 2.46. The molecule has 1 aromatic heterocycles. The van der Waals surface area contributed by atoms with E-state index in [0.717, 1.165) is 24.8 Å². The number of anilines is 1. The van der Waals surface area contributed by atoms with Crippen molar-refractivity contribution in [3.05, 3.63) is 30.5 Å². The van der Waals surface area contributed by atoms with Gasteiger partial charge in [0.25, 0.3) is 0 Å². The minimum Gasteiger partial charge on any atom is -0.286 e. The molecule has 0 fully saturated rings. The molecule has 0 aliphatic heterocycles. The summed E-state index contributed by atoms with van der Waals surface area (Å²) >= 11 is 0. The van der Waals surface area contributed by atoms with Gasteiger partial charge in [-0.2, -0.15) is 0 Å². The van der Waals surface area contributed by atoms with Crippen molar-refractivity contribution in [1.29, 1.82) is 0 Å². The molecule has 8 nitrogen and oxygen atoms in total. The third-order valence-electron chi connectivity index (χ3n) is 3.82. The molecule has 0 aliphatic rings. The van der Waals surface area contributed by atoms with Crippen molar-refractivity contribution < 1.29 is 14.8 Å². The first-order valence-electron chi connectivity index (χ1n) is 8.32. The maximum atomic E-state index is 12.4. The molecule has 0 saturated heterocycles. The summed E-state index contributed by atoms with van der Waals surface area (Å²) in [5.41, 5.74) is 6.79. The number of hydrazine groups is 1. The lowest BCUT2D eigenvalue weighted by Crippen LogP contribution is -2.40. The highest BCUT2D eigenvalue weighted by atomic mass is 16.5. The van der Waals surface area contributed by atoms with Crippen LogP contribution in [0.15, 0.2) is 30.5 Å². The number of benzene rings is 1. The average molecular weight is 345 g/mol. The van der Waals surface area contributed by atoms with Crippen molar-refractivity contribution in [2.45, 2.75) is 32.6 Å². The number of unbranched alkanes of at least 4 members (excludes halogenated alkanes) is 2. The summed E-state index contributed by atoms with van der Waals surface area (Å²) in [4.78, 5) is 31.6. The van der Waals surface area contributed by atoms with Gasteiger partial charge in [0, 0.05) is 0 Å². The predicted molar refractivity (Wildman–Crippen MR) is 93.5 cm³/mol. The molecule has 2 aromatic rings. The number of para-hydroxylation sites is 2. The van der Waals surface area contributed by atoms with E-state index in [2.05, 4.69) is 27.7 Å². The van der Waals surface area contributed by atoms with E-state index < -0.39 is 5.92 Å². The van der Waals surface area contributed by atoms with Gasteiger partial charge in [0.1, 0.15) is 0 Å². The lowest BCUT2D eigenvalue weighted by Gasteiger charge is -2.19. The fraction of sp³-hybridized carbons (Fsp3) is 0.412. The van der Waals surface area contributed by atoms with E-state index in [1.807, 2.05) is 24.3 Å². The zero-order chi connectivity index (χ0) is 18.1. The van der Waals surface area contributed by atoms with Crippen molar-refractivity contribution in [1.82, 2.24) is 20.5 Å². The molecule has 3 N–H and O–H groups in total. The summed E-state index contributed by atoms with van der Waals surface area (Å²) in [5.74, 6) is -0.412. The Morgan fingerprint density at radius 3 is 2.80 bits per heavy atom. The van der Waals surface area contributed by atoms with Crippen LogP contribution >= 0.6 is 0 Å². The maximum Gasteiger partial charge on any atom is 0.243 e. The van der Waals surface area contributed by atoms with Gasteiger partial charge in [0.15, 0.2) is 5.82 Å². The molecule has 0 unspecified atom stereocenters. The minimum atomic E-state index is -0.511. The zero-order valence-electron chi connectivity index (χ0n) is 14.2. The van der Waals surface area contributed by atoms with Crippen molar-refractivity contribution in [2.24, 2.45) is 5.92 Å². The second-order valence-electron chi connectivity index (χ2n) is 5.78. The van der Waals surface area contributed by atoms with Crippen molar-refractivity contribution in [3.8, 4) is 0 Å². The Hall–Kier alpha value is -2.74. The Labute approximate surface area is 146 Å². The standard InChI is InChI=1S/C17H23N5O3/c1-2-3-4-7-13(11-22(25)12-23)17(24)21-20-16-10-18-14-8-5-6-9-15(14)19-16/h5-6,8-10,12-13,25H,2-4,7,11H2,1H3,(H,19,20)(H,21,24)/t13-/m0/s1. The van der Waals surface area contributed by atoms with Gasteiger partial charge >= 0.3 is 0 Å². The Morgan fingerprint density at radius 2 is 2.08 bits per heavy atom. The molecular weight excluding hydrogens is 322 g/mol. The molecule has 0 bridgehead atoms. The summed E-state index contributed by atoms with van der Waals surface area (Å²) in [6, 6.07) is 7.42. The predicted octanol–water partition coefficient (Wildman–Crippen LogP) is 2.12. The van der Waals surface area contributed by atoms with Gasteiger partial charge < -0.3 is 0 Å². The highest BCUT2D eigenvalue weighted by Gasteiger charge is 2.20. The Kier molecular flexibility index (Phi) is 7.09. The first-order valence-corrected chi connectivity index (χ1v) is 8.32. The Morgan fingerprint density at radius 1 is 1.32 bits per heavy atom. The van der Waals surface area contributed by atoms with Crippen molar-refractivity contribution >= 4 is 29.2 Å². The van der Waals surface area contributed by atoms with Crippen LogP contribution in [0.4, 0.5) is 5.82 Å². The minimum absolute atomic E-state index is 0.0515. The van der Waals surface area contributed by atoms with Crippen LogP contribution in [0, 0.1) is 5.92 Å². The number of carbonyl (C=O) groups is 2. The fourth-order valence-corrected chi connectivity index (χ4v) is 2.46. The summed E-state index contributed by atoms with van der Waals surface area (Å²) < 4.78 is 0. The number of aromatic nitrogens is 2. The average Bonchev–Trinajstić information content (AvgIpc) is 2.65.